The lowest BCUT2D eigenvalue weighted by atomic mass is 9.74. The summed E-state index contributed by atoms with van der Waals surface area (Å²) in [6.45, 7) is 4.62. The van der Waals surface area contributed by atoms with Crippen LogP contribution in [0.3, 0.4) is 0 Å². The van der Waals surface area contributed by atoms with E-state index in [4.69, 9.17) is 0 Å². The van der Waals surface area contributed by atoms with Gasteiger partial charge in [0.25, 0.3) is 0 Å². The average molecular weight is 180 g/mol. The van der Waals surface area contributed by atoms with Crippen LogP contribution < -0.4 is 0 Å². The van der Waals surface area contributed by atoms with Crippen LogP contribution in [-0.2, 0) is 4.79 Å². The highest BCUT2D eigenvalue weighted by Crippen LogP contribution is 2.46. The molecule has 3 atom stereocenters. The number of ketones is 1. The third kappa shape index (κ3) is 1.53. The molecule has 0 radical (unpaired) electrons. The van der Waals surface area contributed by atoms with Crippen LogP contribution in [0.25, 0.3) is 0 Å². The minimum atomic E-state index is 0.459. The molecule has 2 rings (SSSR count). The Bertz CT molecular complexity index is 207. The summed E-state index contributed by atoms with van der Waals surface area (Å²) in [7, 11) is 0. The van der Waals surface area contributed by atoms with Gasteiger partial charge in [0.05, 0.1) is 0 Å². The van der Waals surface area contributed by atoms with Crippen molar-refractivity contribution in [1.82, 2.24) is 0 Å². The highest BCUT2D eigenvalue weighted by atomic mass is 16.1. The van der Waals surface area contributed by atoms with Crippen LogP contribution in [0.4, 0.5) is 0 Å². The molecule has 0 aromatic carbocycles. The Morgan fingerprint density at radius 1 is 1.23 bits per heavy atom. The summed E-state index contributed by atoms with van der Waals surface area (Å²) in [5, 5.41) is 0. The standard InChI is InChI=1S/C12H20O/c1-8(2)9-6-7-11-10(9)4-3-5-12(11)13/h8-11H,3-7H2,1-2H3/t9-,10?,11-/m1/s1. The van der Waals surface area contributed by atoms with Gasteiger partial charge in [-0.1, -0.05) is 13.8 Å². The monoisotopic (exact) mass is 180 g/mol. The molecule has 2 fully saturated rings. The van der Waals surface area contributed by atoms with E-state index >= 15 is 0 Å². The maximum atomic E-state index is 11.6. The summed E-state index contributed by atoms with van der Waals surface area (Å²) in [6, 6.07) is 0. The molecule has 0 spiro atoms. The van der Waals surface area contributed by atoms with Gasteiger partial charge in [0.1, 0.15) is 5.78 Å². The molecule has 0 heterocycles. The summed E-state index contributed by atoms with van der Waals surface area (Å²) >= 11 is 0. The van der Waals surface area contributed by atoms with Crippen LogP contribution in [0.2, 0.25) is 0 Å². The van der Waals surface area contributed by atoms with Crippen molar-refractivity contribution in [3.8, 4) is 0 Å². The number of hydrogen-bond acceptors (Lipinski definition) is 1. The summed E-state index contributed by atoms with van der Waals surface area (Å²) in [4.78, 5) is 11.6. The van der Waals surface area contributed by atoms with Crippen molar-refractivity contribution in [2.75, 3.05) is 0 Å². The summed E-state index contributed by atoms with van der Waals surface area (Å²) in [5.41, 5.74) is 0. The van der Waals surface area contributed by atoms with Crippen LogP contribution in [0.15, 0.2) is 0 Å². The predicted octanol–water partition coefficient (Wildman–Crippen LogP) is 3.04. The Morgan fingerprint density at radius 2 is 2.00 bits per heavy atom. The molecule has 2 saturated carbocycles. The first-order chi connectivity index (χ1) is 6.20. The van der Waals surface area contributed by atoms with E-state index in [0.29, 0.717) is 11.7 Å². The molecule has 13 heavy (non-hydrogen) atoms. The third-order valence-corrected chi connectivity index (χ3v) is 4.11. The van der Waals surface area contributed by atoms with Gasteiger partial charge in [-0.3, -0.25) is 4.79 Å². The lowest BCUT2D eigenvalue weighted by Crippen LogP contribution is -2.28. The molecular formula is C12H20O. The predicted molar refractivity (Wildman–Crippen MR) is 53.4 cm³/mol. The van der Waals surface area contributed by atoms with Crippen LogP contribution >= 0.6 is 0 Å². The maximum Gasteiger partial charge on any atom is 0.136 e. The second-order valence-electron chi connectivity index (χ2n) is 5.11. The van der Waals surface area contributed by atoms with Crippen molar-refractivity contribution in [3.05, 3.63) is 0 Å². The zero-order valence-electron chi connectivity index (χ0n) is 8.75. The summed E-state index contributed by atoms with van der Waals surface area (Å²) in [5.74, 6) is 3.40. The number of fused-ring (bicyclic) bond motifs is 1. The van der Waals surface area contributed by atoms with Crippen LogP contribution in [0.5, 0.6) is 0 Å². The third-order valence-electron chi connectivity index (χ3n) is 4.11. The molecule has 0 N–H and O–H groups in total. The molecule has 0 aliphatic heterocycles. The lowest BCUT2D eigenvalue weighted by molar-refractivity contribution is -0.126. The number of carbonyl (C=O) groups is 1. The van der Waals surface area contributed by atoms with Gasteiger partial charge < -0.3 is 0 Å². The Kier molecular flexibility index (Phi) is 2.44. The van der Waals surface area contributed by atoms with Gasteiger partial charge in [0.15, 0.2) is 0 Å². The summed E-state index contributed by atoms with van der Waals surface area (Å²) in [6.07, 6.45) is 5.83. The van der Waals surface area contributed by atoms with Crippen molar-refractivity contribution in [2.45, 2.75) is 46.0 Å². The van der Waals surface area contributed by atoms with Crippen LogP contribution in [0, 0.1) is 23.7 Å². The van der Waals surface area contributed by atoms with Crippen molar-refractivity contribution < 1.29 is 4.79 Å². The van der Waals surface area contributed by atoms with E-state index in [2.05, 4.69) is 13.8 Å². The van der Waals surface area contributed by atoms with E-state index in [1.165, 1.54) is 19.3 Å². The van der Waals surface area contributed by atoms with E-state index < -0.39 is 0 Å². The molecule has 0 bridgehead atoms. The number of carbonyl (C=O) groups excluding carboxylic acids is 1. The molecule has 74 valence electrons. The van der Waals surface area contributed by atoms with Crippen molar-refractivity contribution in [3.63, 3.8) is 0 Å². The molecule has 2 aliphatic carbocycles. The Morgan fingerprint density at radius 3 is 2.69 bits per heavy atom. The molecule has 0 saturated heterocycles. The maximum absolute atomic E-state index is 11.6. The van der Waals surface area contributed by atoms with Gasteiger partial charge in [-0.05, 0) is 43.4 Å². The first-order valence-electron chi connectivity index (χ1n) is 5.73. The number of rotatable bonds is 1. The molecular weight excluding hydrogens is 160 g/mol. The van der Waals surface area contributed by atoms with E-state index in [-0.39, 0.29) is 0 Å². The quantitative estimate of drug-likeness (QED) is 0.606. The highest BCUT2D eigenvalue weighted by Gasteiger charge is 2.42. The van der Waals surface area contributed by atoms with Gasteiger partial charge in [-0.25, -0.2) is 0 Å². The van der Waals surface area contributed by atoms with Gasteiger partial charge in [0, 0.05) is 12.3 Å². The smallest absolute Gasteiger partial charge is 0.136 e. The average Bonchev–Trinajstić information content (AvgIpc) is 2.48. The van der Waals surface area contributed by atoms with E-state index in [0.717, 1.165) is 30.6 Å². The van der Waals surface area contributed by atoms with Gasteiger partial charge in [-0.2, -0.15) is 0 Å². The largest absolute Gasteiger partial charge is 0.299 e. The minimum absolute atomic E-state index is 0.459. The second-order valence-corrected chi connectivity index (χ2v) is 5.11. The van der Waals surface area contributed by atoms with E-state index in [1.54, 1.807) is 0 Å². The Labute approximate surface area is 80.9 Å². The van der Waals surface area contributed by atoms with E-state index in [9.17, 15) is 4.79 Å². The molecule has 1 heteroatoms. The van der Waals surface area contributed by atoms with Crippen molar-refractivity contribution in [2.24, 2.45) is 23.7 Å². The fourth-order valence-corrected chi connectivity index (χ4v) is 3.44. The summed E-state index contributed by atoms with van der Waals surface area (Å²) < 4.78 is 0. The minimum Gasteiger partial charge on any atom is -0.299 e. The molecule has 1 nitrogen and oxygen atoms in total. The number of hydrogen-bond donors (Lipinski definition) is 0. The highest BCUT2D eigenvalue weighted by molar-refractivity contribution is 5.82. The first-order valence-corrected chi connectivity index (χ1v) is 5.73. The Hall–Kier alpha value is -0.330. The van der Waals surface area contributed by atoms with Crippen molar-refractivity contribution >= 4 is 5.78 Å². The molecule has 0 aromatic rings. The SMILES string of the molecule is CC(C)[C@H]1CC[C@H]2C(=O)CCCC12. The first kappa shape index (κ1) is 9.23. The molecule has 0 amide bonds. The number of Topliss-reactive ketones (excluding diaryl/α,β-unsaturated/α-hetero) is 1. The van der Waals surface area contributed by atoms with Gasteiger partial charge in [0.2, 0.25) is 0 Å². The fourth-order valence-electron chi connectivity index (χ4n) is 3.44. The van der Waals surface area contributed by atoms with Crippen molar-refractivity contribution in [1.29, 1.82) is 0 Å². The van der Waals surface area contributed by atoms with Crippen LogP contribution in [0.1, 0.15) is 46.0 Å². The molecule has 1 unspecified atom stereocenters. The fraction of sp³-hybridized carbons (Fsp3) is 0.917. The zero-order valence-corrected chi connectivity index (χ0v) is 8.75. The van der Waals surface area contributed by atoms with Crippen LogP contribution in [-0.4, -0.2) is 5.78 Å². The van der Waals surface area contributed by atoms with Gasteiger partial charge in [-0.15, -0.1) is 0 Å². The second kappa shape index (κ2) is 3.43. The lowest BCUT2D eigenvalue weighted by Gasteiger charge is -2.30. The topological polar surface area (TPSA) is 17.1 Å². The molecule has 2 aliphatic rings. The molecule has 0 aromatic heterocycles. The normalized spacial score (nSPS) is 39.6. The Balaban J connectivity index is 2.10. The van der Waals surface area contributed by atoms with E-state index in [1.807, 2.05) is 0 Å². The zero-order chi connectivity index (χ0) is 9.42. The van der Waals surface area contributed by atoms with Gasteiger partial charge >= 0.3 is 0 Å².